The van der Waals surface area contributed by atoms with Gasteiger partial charge in [0.05, 0.1) is 16.9 Å². The van der Waals surface area contributed by atoms with Crippen LogP contribution in [0.2, 0.25) is 0 Å². The normalized spacial score (nSPS) is 13.3. The van der Waals surface area contributed by atoms with Crippen LogP contribution in [0.15, 0.2) is 48.8 Å². The van der Waals surface area contributed by atoms with Gasteiger partial charge in [-0.25, -0.2) is 0 Å². The Morgan fingerprint density at radius 1 is 1.08 bits per heavy atom. The van der Waals surface area contributed by atoms with Crippen LogP contribution < -0.4 is 4.90 Å². The van der Waals surface area contributed by atoms with Gasteiger partial charge in [-0.3, -0.25) is 9.78 Å². The summed E-state index contributed by atoms with van der Waals surface area (Å²) in [5.41, 5.74) is 3.83. The van der Waals surface area contributed by atoms with Crippen molar-refractivity contribution in [2.45, 2.75) is 46.3 Å². The molecule has 0 bridgehead atoms. The van der Waals surface area contributed by atoms with Gasteiger partial charge in [-0.1, -0.05) is 18.2 Å². The molecule has 4 nitrogen and oxygen atoms in total. The van der Waals surface area contributed by atoms with Gasteiger partial charge >= 0.3 is 0 Å². The molecule has 1 aromatic heterocycles. The maximum atomic E-state index is 13.2. The van der Waals surface area contributed by atoms with Crippen LogP contribution in [-0.2, 0) is 6.54 Å². The number of hydrogen-bond donors (Lipinski definition) is 0. The van der Waals surface area contributed by atoms with E-state index in [1.165, 1.54) is 0 Å². The summed E-state index contributed by atoms with van der Waals surface area (Å²) in [4.78, 5) is 21.6. The molecule has 1 aliphatic rings. The molecule has 1 aliphatic heterocycles. The molecule has 0 unspecified atom stereocenters. The number of aromatic nitrogens is 1. The number of hydrogen-bond acceptors (Lipinski definition) is 3. The summed E-state index contributed by atoms with van der Waals surface area (Å²) < 4.78 is 0. The zero-order valence-corrected chi connectivity index (χ0v) is 15.3. The monoisotopic (exact) mass is 335 g/mol. The molecule has 0 saturated heterocycles. The van der Waals surface area contributed by atoms with Crippen LogP contribution in [0.4, 0.5) is 5.69 Å². The van der Waals surface area contributed by atoms with E-state index in [0.717, 1.165) is 22.5 Å². The molecule has 0 spiro atoms. The van der Waals surface area contributed by atoms with Crippen LogP contribution >= 0.6 is 0 Å². The van der Waals surface area contributed by atoms with Gasteiger partial charge < -0.3 is 9.80 Å². The molecule has 1 amide bonds. The highest BCUT2D eigenvalue weighted by Gasteiger charge is 2.25. The maximum Gasteiger partial charge on any atom is 0.256 e. The van der Waals surface area contributed by atoms with E-state index in [0.29, 0.717) is 6.54 Å². The molecule has 0 atom stereocenters. The van der Waals surface area contributed by atoms with Gasteiger partial charge in [0.25, 0.3) is 5.91 Å². The van der Waals surface area contributed by atoms with Crippen molar-refractivity contribution in [1.29, 1.82) is 0 Å². The number of pyridine rings is 1. The predicted octanol–water partition coefficient (Wildman–Crippen LogP) is 4.33. The summed E-state index contributed by atoms with van der Waals surface area (Å²) in [6.45, 7) is 8.95. The molecular weight excluding hydrogens is 310 g/mol. The minimum Gasteiger partial charge on any atom is -0.343 e. The second-order valence-corrected chi connectivity index (χ2v) is 6.91. The first-order chi connectivity index (χ1) is 12.0. The van der Waals surface area contributed by atoms with E-state index in [2.05, 4.69) is 43.6 Å². The highest BCUT2D eigenvalue weighted by atomic mass is 16.2. The molecule has 0 fully saturated rings. The summed E-state index contributed by atoms with van der Waals surface area (Å²) in [5.74, 6) is 0.0750. The van der Waals surface area contributed by atoms with Gasteiger partial charge in [0.15, 0.2) is 0 Å². The summed E-state index contributed by atoms with van der Waals surface area (Å²) in [7, 11) is 0. The fraction of sp³-hybridized carbons (Fsp3) is 0.333. The van der Waals surface area contributed by atoms with E-state index in [4.69, 9.17) is 0 Å². The van der Waals surface area contributed by atoms with E-state index in [-0.39, 0.29) is 18.0 Å². The first kappa shape index (κ1) is 17.2. The fourth-order valence-corrected chi connectivity index (χ4v) is 3.41. The Morgan fingerprint density at radius 2 is 1.80 bits per heavy atom. The smallest absolute Gasteiger partial charge is 0.256 e. The van der Waals surface area contributed by atoms with Crippen LogP contribution in [0.3, 0.4) is 0 Å². The number of benzene rings is 1. The lowest BCUT2D eigenvalue weighted by Crippen LogP contribution is -2.42. The van der Waals surface area contributed by atoms with E-state index >= 15 is 0 Å². The van der Waals surface area contributed by atoms with Gasteiger partial charge in [-0.05, 0) is 57.5 Å². The molecule has 4 heteroatoms. The number of carbonyl (C=O) groups excluding carboxylic acids is 1. The predicted molar refractivity (Wildman–Crippen MR) is 102 cm³/mol. The third-order valence-corrected chi connectivity index (χ3v) is 4.47. The van der Waals surface area contributed by atoms with Gasteiger partial charge in [-0.15, -0.1) is 0 Å². The zero-order chi connectivity index (χ0) is 18.0. The Morgan fingerprint density at radius 3 is 2.52 bits per heavy atom. The van der Waals surface area contributed by atoms with Crippen LogP contribution in [0.1, 0.15) is 49.3 Å². The van der Waals surface area contributed by atoms with E-state index in [1.54, 1.807) is 6.20 Å². The van der Waals surface area contributed by atoms with Crippen molar-refractivity contribution in [2.24, 2.45) is 0 Å². The second-order valence-electron chi connectivity index (χ2n) is 6.91. The van der Waals surface area contributed by atoms with Crippen LogP contribution in [0, 0.1) is 0 Å². The Kier molecular flexibility index (Phi) is 4.88. The zero-order valence-electron chi connectivity index (χ0n) is 15.3. The van der Waals surface area contributed by atoms with E-state index in [1.807, 2.05) is 47.5 Å². The first-order valence-corrected chi connectivity index (χ1v) is 8.79. The molecule has 0 radical (unpaired) electrons. The van der Waals surface area contributed by atoms with Gasteiger partial charge in [0.2, 0.25) is 0 Å². The lowest BCUT2D eigenvalue weighted by Gasteiger charge is -2.33. The van der Waals surface area contributed by atoms with Crippen LogP contribution in [0.5, 0.6) is 0 Å². The highest BCUT2D eigenvalue weighted by Crippen LogP contribution is 2.28. The second kappa shape index (κ2) is 7.09. The van der Waals surface area contributed by atoms with Gasteiger partial charge in [0.1, 0.15) is 0 Å². The molecule has 0 aliphatic carbocycles. The molecule has 130 valence electrons. The van der Waals surface area contributed by atoms with Crippen molar-refractivity contribution in [2.75, 3.05) is 4.90 Å². The van der Waals surface area contributed by atoms with Crippen molar-refractivity contribution in [3.63, 3.8) is 0 Å². The molecule has 2 aromatic rings. The minimum absolute atomic E-state index is 0.0750. The van der Waals surface area contributed by atoms with Gasteiger partial charge in [0, 0.05) is 31.0 Å². The van der Waals surface area contributed by atoms with Crippen molar-refractivity contribution in [1.82, 2.24) is 9.88 Å². The van der Waals surface area contributed by atoms with Crippen LogP contribution in [0.25, 0.3) is 6.08 Å². The number of carbonyl (C=O) groups is 1. The average molecular weight is 335 g/mol. The molecule has 0 saturated carbocycles. The lowest BCUT2D eigenvalue weighted by atomic mass is 10.1. The van der Waals surface area contributed by atoms with E-state index in [9.17, 15) is 4.79 Å². The van der Waals surface area contributed by atoms with E-state index < -0.39 is 0 Å². The number of para-hydroxylation sites is 1. The lowest BCUT2D eigenvalue weighted by molar-refractivity contribution is 0.0644. The summed E-state index contributed by atoms with van der Waals surface area (Å²) in [5, 5.41) is 0. The molecule has 3 rings (SSSR count). The Bertz CT molecular complexity index is 787. The average Bonchev–Trinajstić information content (AvgIpc) is 2.60. The topological polar surface area (TPSA) is 36.4 Å². The van der Waals surface area contributed by atoms with Crippen molar-refractivity contribution < 1.29 is 4.79 Å². The number of fused-ring (bicyclic) bond motifs is 1. The largest absolute Gasteiger partial charge is 0.343 e. The van der Waals surface area contributed by atoms with Crippen molar-refractivity contribution in [3.8, 4) is 0 Å². The van der Waals surface area contributed by atoms with Crippen LogP contribution in [-0.4, -0.2) is 27.9 Å². The quantitative estimate of drug-likeness (QED) is 0.834. The third kappa shape index (κ3) is 3.43. The molecular formula is C21H25N3O. The molecule has 2 heterocycles. The Hall–Kier alpha value is -2.62. The Balaban J connectivity index is 1.96. The number of rotatable bonds is 4. The number of amides is 1. The highest BCUT2D eigenvalue weighted by molar-refractivity contribution is 6.00. The Labute approximate surface area is 149 Å². The summed E-state index contributed by atoms with van der Waals surface area (Å²) in [6, 6.07) is 12.2. The number of nitrogens with zero attached hydrogens (tertiary/aromatic N) is 3. The first-order valence-electron chi connectivity index (χ1n) is 8.79. The number of anilines is 1. The van der Waals surface area contributed by atoms with Gasteiger partial charge in [-0.2, -0.15) is 0 Å². The third-order valence-electron chi connectivity index (χ3n) is 4.47. The van der Waals surface area contributed by atoms with Crippen molar-refractivity contribution >= 4 is 17.7 Å². The molecule has 0 N–H and O–H groups in total. The SMILES string of the molecule is CC(C)N(C(=O)c1ccccc1N1C=Cc2ncccc2C1)C(C)C. The van der Waals surface area contributed by atoms with Crippen molar-refractivity contribution in [3.05, 3.63) is 65.6 Å². The minimum atomic E-state index is 0.0750. The molecule has 1 aromatic carbocycles. The molecule has 25 heavy (non-hydrogen) atoms. The fourth-order valence-electron chi connectivity index (χ4n) is 3.41. The standard InChI is InChI=1S/C21H25N3O/c1-15(2)24(16(3)4)21(25)18-9-5-6-10-20(18)23-13-11-19-17(14-23)8-7-12-22-19/h5-13,15-16H,14H2,1-4H3. The maximum absolute atomic E-state index is 13.2. The summed E-state index contributed by atoms with van der Waals surface area (Å²) >= 11 is 0. The summed E-state index contributed by atoms with van der Waals surface area (Å²) in [6.07, 6.45) is 5.82.